The van der Waals surface area contributed by atoms with Gasteiger partial charge >= 0.3 is 0 Å². The van der Waals surface area contributed by atoms with E-state index in [1.165, 1.54) is 11.8 Å². The Morgan fingerprint density at radius 3 is 2.96 bits per heavy atom. The summed E-state index contributed by atoms with van der Waals surface area (Å²) < 4.78 is 5.11. The SMILES string of the molecule is CC[C@@H](Sc1nc2ncccc2[nH]1)C(=O)Nc1ccc(OC)c(Cl)c1. The topological polar surface area (TPSA) is 79.9 Å². The standard InChI is InChI=1S/C17H17ClN4O2S/c1-3-14(25-17-21-12-5-4-8-19-15(12)22-17)16(23)20-10-6-7-13(24-2)11(18)9-10/h4-9,14H,3H2,1-2H3,(H,20,23)(H,19,21,22)/t14-/m1/s1. The molecule has 2 N–H and O–H groups in total. The van der Waals surface area contributed by atoms with Crippen molar-refractivity contribution in [3.8, 4) is 5.75 Å². The average Bonchev–Trinajstić information content (AvgIpc) is 3.02. The number of pyridine rings is 1. The van der Waals surface area contributed by atoms with Crippen LogP contribution in [-0.4, -0.2) is 33.2 Å². The van der Waals surface area contributed by atoms with Crippen LogP contribution in [0.25, 0.3) is 11.2 Å². The van der Waals surface area contributed by atoms with Crippen LogP contribution in [0.5, 0.6) is 5.75 Å². The van der Waals surface area contributed by atoms with Crippen LogP contribution >= 0.6 is 23.4 Å². The third kappa shape index (κ3) is 4.05. The zero-order valence-corrected chi connectivity index (χ0v) is 15.3. The molecule has 3 rings (SSSR count). The highest BCUT2D eigenvalue weighted by Gasteiger charge is 2.20. The maximum atomic E-state index is 12.6. The van der Waals surface area contributed by atoms with Gasteiger partial charge in [-0.1, -0.05) is 30.3 Å². The third-order valence-corrected chi connectivity index (χ3v) is 5.12. The fraction of sp³-hybridized carbons (Fsp3) is 0.235. The van der Waals surface area contributed by atoms with Crippen molar-refractivity contribution in [2.45, 2.75) is 23.8 Å². The van der Waals surface area contributed by atoms with E-state index in [0.29, 0.717) is 33.7 Å². The number of carbonyl (C=O) groups is 1. The summed E-state index contributed by atoms with van der Waals surface area (Å²) in [5, 5.41) is 3.71. The molecule has 0 spiro atoms. The van der Waals surface area contributed by atoms with Gasteiger partial charge in [0.05, 0.1) is 22.9 Å². The molecule has 2 heterocycles. The van der Waals surface area contributed by atoms with Gasteiger partial charge in [0.25, 0.3) is 0 Å². The first-order valence-electron chi connectivity index (χ1n) is 7.72. The Hall–Kier alpha value is -2.25. The molecule has 0 aliphatic heterocycles. The number of thioether (sulfide) groups is 1. The van der Waals surface area contributed by atoms with Crippen LogP contribution in [-0.2, 0) is 4.79 Å². The summed E-state index contributed by atoms with van der Waals surface area (Å²) in [6.07, 6.45) is 2.35. The van der Waals surface area contributed by atoms with Gasteiger partial charge in [0.1, 0.15) is 5.75 Å². The summed E-state index contributed by atoms with van der Waals surface area (Å²) >= 11 is 7.48. The van der Waals surface area contributed by atoms with E-state index in [1.807, 2.05) is 19.1 Å². The van der Waals surface area contributed by atoms with Crippen molar-refractivity contribution < 1.29 is 9.53 Å². The summed E-state index contributed by atoms with van der Waals surface area (Å²) in [7, 11) is 1.55. The molecule has 0 bridgehead atoms. The molecule has 1 amide bonds. The molecule has 0 saturated carbocycles. The Bertz CT molecular complexity index is 866. The predicted octanol–water partition coefficient (Wildman–Crippen LogP) is 4.13. The summed E-state index contributed by atoms with van der Waals surface area (Å²) in [6.45, 7) is 1.96. The van der Waals surface area contributed by atoms with Crippen molar-refractivity contribution in [2.75, 3.05) is 12.4 Å². The molecule has 8 heteroatoms. The summed E-state index contributed by atoms with van der Waals surface area (Å²) in [6, 6.07) is 8.88. The zero-order chi connectivity index (χ0) is 17.8. The minimum atomic E-state index is -0.290. The van der Waals surface area contributed by atoms with Gasteiger partial charge in [-0.3, -0.25) is 4.79 Å². The molecule has 0 radical (unpaired) electrons. The van der Waals surface area contributed by atoms with Crippen molar-refractivity contribution in [1.29, 1.82) is 0 Å². The Kier molecular flexibility index (Phi) is 5.45. The van der Waals surface area contributed by atoms with E-state index >= 15 is 0 Å². The largest absolute Gasteiger partial charge is 0.495 e. The molecular weight excluding hydrogens is 360 g/mol. The third-order valence-electron chi connectivity index (χ3n) is 3.57. The molecule has 130 valence electrons. The number of nitrogens with zero attached hydrogens (tertiary/aromatic N) is 2. The highest BCUT2D eigenvalue weighted by Crippen LogP contribution is 2.29. The first-order chi connectivity index (χ1) is 12.1. The van der Waals surface area contributed by atoms with Crippen molar-refractivity contribution >= 4 is 46.1 Å². The van der Waals surface area contributed by atoms with Crippen LogP contribution in [0.2, 0.25) is 5.02 Å². The minimum Gasteiger partial charge on any atom is -0.495 e. The lowest BCUT2D eigenvalue weighted by Gasteiger charge is -2.14. The number of hydrogen-bond donors (Lipinski definition) is 2. The molecule has 6 nitrogen and oxygen atoms in total. The molecule has 0 unspecified atom stereocenters. The van der Waals surface area contributed by atoms with Gasteiger partial charge in [0, 0.05) is 11.9 Å². The minimum absolute atomic E-state index is 0.109. The van der Waals surface area contributed by atoms with E-state index in [-0.39, 0.29) is 11.2 Å². The number of methoxy groups -OCH3 is 1. The molecule has 3 aromatic rings. The molecule has 0 fully saturated rings. The van der Waals surface area contributed by atoms with Crippen LogP contribution in [0.3, 0.4) is 0 Å². The first kappa shape index (κ1) is 17.6. The quantitative estimate of drug-likeness (QED) is 0.632. The molecule has 0 aliphatic carbocycles. The fourth-order valence-electron chi connectivity index (χ4n) is 2.30. The maximum Gasteiger partial charge on any atom is 0.237 e. The molecule has 0 aliphatic rings. The summed E-state index contributed by atoms with van der Waals surface area (Å²) in [5.74, 6) is 0.456. The van der Waals surface area contributed by atoms with Crippen LogP contribution in [0.15, 0.2) is 41.7 Å². The first-order valence-corrected chi connectivity index (χ1v) is 8.98. The molecule has 0 saturated heterocycles. The highest BCUT2D eigenvalue weighted by molar-refractivity contribution is 8.00. The normalized spacial score (nSPS) is 12.1. The maximum absolute atomic E-state index is 12.6. The lowest BCUT2D eigenvalue weighted by Crippen LogP contribution is -2.24. The van der Waals surface area contributed by atoms with Gasteiger partial charge in [0.2, 0.25) is 5.91 Å². The lowest BCUT2D eigenvalue weighted by molar-refractivity contribution is -0.115. The number of amides is 1. The Balaban J connectivity index is 1.71. The molecule has 25 heavy (non-hydrogen) atoms. The second kappa shape index (κ2) is 7.76. The number of halogens is 1. The van der Waals surface area contributed by atoms with Crippen molar-refractivity contribution in [3.05, 3.63) is 41.6 Å². The summed E-state index contributed by atoms with van der Waals surface area (Å²) in [4.78, 5) is 24.3. The van der Waals surface area contributed by atoms with E-state index in [0.717, 1.165) is 5.52 Å². The van der Waals surface area contributed by atoms with E-state index in [1.54, 1.807) is 31.5 Å². The lowest BCUT2D eigenvalue weighted by atomic mass is 10.2. The number of aromatic amines is 1. The van der Waals surface area contributed by atoms with Crippen molar-refractivity contribution in [1.82, 2.24) is 15.0 Å². The van der Waals surface area contributed by atoms with Gasteiger partial charge in [-0.05, 0) is 36.8 Å². The van der Waals surface area contributed by atoms with Crippen LogP contribution < -0.4 is 10.1 Å². The number of fused-ring (bicyclic) bond motifs is 1. The van der Waals surface area contributed by atoms with Crippen molar-refractivity contribution in [3.63, 3.8) is 0 Å². The monoisotopic (exact) mass is 376 g/mol. The number of H-pyrrole nitrogens is 1. The van der Waals surface area contributed by atoms with Crippen LogP contribution in [0, 0.1) is 0 Å². The number of benzene rings is 1. The van der Waals surface area contributed by atoms with Gasteiger partial charge in [0.15, 0.2) is 10.8 Å². The number of nitrogens with one attached hydrogen (secondary N) is 2. The fourth-order valence-corrected chi connectivity index (χ4v) is 3.47. The van der Waals surface area contributed by atoms with E-state index < -0.39 is 0 Å². The van der Waals surface area contributed by atoms with Gasteiger partial charge in [-0.2, -0.15) is 0 Å². The van der Waals surface area contributed by atoms with Gasteiger partial charge in [-0.15, -0.1) is 0 Å². The average molecular weight is 377 g/mol. The van der Waals surface area contributed by atoms with E-state index in [4.69, 9.17) is 16.3 Å². The summed E-state index contributed by atoms with van der Waals surface area (Å²) in [5.41, 5.74) is 2.12. The Morgan fingerprint density at radius 2 is 2.28 bits per heavy atom. The number of imidazole rings is 1. The second-order valence-corrected chi connectivity index (χ2v) is 6.87. The smallest absolute Gasteiger partial charge is 0.237 e. The number of hydrogen-bond acceptors (Lipinski definition) is 5. The number of carbonyl (C=O) groups excluding carboxylic acids is 1. The molecular formula is C17H17ClN4O2S. The van der Waals surface area contributed by atoms with E-state index in [9.17, 15) is 4.79 Å². The zero-order valence-electron chi connectivity index (χ0n) is 13.7. The Labute approximate surface area is 154 Å². The number of ether oxygens (including phenoxy) is 1. The molecule has 1 atom stereocenters. The number of aromatic nitrogens is 3. The number of rotatable bonds is 6. The van der Waals surface area contributed by atoms with E-state index in [2.05, 4.69) is 20.3 Å². The van der Waals surface area contributed by atoms with Crippen molar-refractivity contribution in [2.24, 2.45) is 0 Å². The van der Waals surface area contributed by atoms with Gasteiger partial charge in [-0.25, -0.2) is 9.97 Å². The molecule has 1 aromatic carbocycles. The number of anilines is 1. The van der Waals surface area contributed by atoms with Crippen LogP contribution in [0.4, 0.5) is 5.69 Å². The predicted molar refractivity (Wildman–Crippen MR) is 100 cm³/mol. The Morgan fingerprint density at radius 1 is 1.44 bits per heavy atom. The van der Waals surface area contributed by atoms with Gasteiger partial charge < -0.3 is 15.0 Å². The van der Waals surface area contributed by atoms with Crippen LogP contribution in [0.1, 0.15) is 13.3 Å². The second-order valence-electron chi connectivity index (χ2n) is 5.27. The molecule has 2 aromatic heterocycles. The highest BCUT2D eigenvalue weighted by atomic mass is 35.5.